The predicted octanol–water partition coefficient (Wildman–Crippen LogP) is 2.86. The van der Waals surface area contributed by atoms with E-state index in [-0.39, 0.29) is 42.1 Å². The fourth-order valence-corrected chi connectivity index (χ4v) is 5.33. The molecule has 11 heteroatoms. The standard InChI is InChI=1S/C24H30N6O3S.ClH/c1-33-24(32)17-6-8-18(9-7-17)27-23(31)19-14-20(15-2-4-16(5-3-15)21(25)26)28-29-22(19)30-10-12-34-13-11-30;/h2-5,14,17-18H,6-13H2,1H3,(H3,25,26)(H,27,31);1H. The van der Waals surface area contributed by atoms with Crippen LogP contribution in [0.3, 0.4) is 0 Å². The highest BCUT2D eigenvalue weighted by Crippen LogP contribution is 2.28. The Balaban J connectivity index is 0.00000342. The number of amidine groups is 1. The van der Waals surface area contributed by atoms with Gasteiger partial charge in [-0.3, -0.25) is 15.0 Å². The fourth-order valence-electron chi connectivity index (χ4n) is 4.43. The SMILES string of the molecule is COC(=O)C1CCC(NC(=O)c2cc(-c3ccc(C(=N)N)cc3)nnc2N2CCSCC2)CC1.Cl. The maximum absolute atomic E-state index is 13.4. The highest BCUT2D eigenvalue weighted by atomic mass is 35.5. The van der Waals surface area contributed by atoms with Crippen LogP contribution in [0.2, 0.25) is 0 Å². The van der Waals surface area contributed by atoms with Crippen molar-refractivity contribution in [2.75, 3.05) is 36.6 Å². The number of aromatic nitrogens is 2. The van der Waals surface area contributed by atoms with E-state index in [0.717, 1.165) is 43.0 Å². The van der Waals surface area contributed by atoms with Gasteiger partial charge in [0.15, 0.2) is 5.82 Å². The first-order valence-electron chi connectivity index (χ1n) is 11.5. The first kappa shape index (κ1) is 26.7. The van der Waals surface area contributed by atoms with Gasteiger partial charge in [-0.1, -0.05) is 24.3 Å². The first-order chi connectivity index (χ1) is 16.5. The van der Waals surface area contributed by atoms with Crippen LogP contribution >= 0.6 is 24.2 Å². The van der Waals surface area contributed by atoms with Crippen molar-refractivity contribution in [3.8, 4) is 11.3 Å². The molecular weight excluding hydrogens is 488 g/mol. The average molecular weight is 519 g/mol. The molecule has 0 spiro atoms. The van der Waals surface area contributed by atoms with Crippen LogP contribution in [-0.4, -0.2) is 65.7 Å². The number of carbonyl (C=O) groups is 2. The molecule has 4 rings (SSSR count). The summed E-state index contributed by atoms with van der Waals surface area (Å²) in [6, 6.07) is 8.97. The number of anilines is 1. The van der Waals surface area contributed by atoms with E-state index in [1.807, 2.05) is 23.9 Å². The van der Waals surface area contributed by atoms with E-state index in [1.54, 1.807) is 18.2 Å². The number of methoxy groups -OCH3 is 1. The number of benzene rings is 1. The minimum Gasteiger partial charge on any atom is -0.469 e. The smallest absolute Gasteiger partial charge is 0.308 e. The molecular formula is C24H31ClN6O3S. The molecule has 0 bridgehead atoms. The third-order valence-electron chi connectivity index (χ3n) is 6.42. The molecule has 0 atom stereocenters. The Labute approximate surface area is 215 Å². The van der Waals surface area contributed by atoms with E-state index in [0.29, 0.717) is 35.5 Å². The molecule has 2 aliphatic rings. The Hall–Kier alpha value is -2.85. The van der Waals surface area contributed by atoms with Crippen molar-refractivity contribution >= 4 is 47.7 Å². The van der Waals surface area contributed by atoms with Crippen molar-refractivity contribution in [1.82, 2.24) is 15.5 Å². The first-order valence-corrected chi connectivity index (χ1v) is 12.7. The van der Waals surface area contributed by atoms with Gasteiger partial charge in [0.2, 0.25) is 0 Å². The quantitative estimate of drug-likeness (QED) is 0.302. The monoisotopic (exact) mass is 518 g/mol. The predicted molar refractivity (Wildman–Crippen MR) is 140 cm³/mol. The van der Waals surface area contributed by atoms with Gasteiger partial charge in [-0.15, -0.1) is 22.6 Å². The fraction of sp³-hybridized carbons (Fsp3) is 0.458. The summed E-state index contributed by atoms with van der Waals surface area (Å²) in [5.41, 5.74) is 8.07. The molecule has 35 heavy (non-hydrogen) atoms. The summed E-state index contributed by atoms with van der Waals surface area (Å²) < 4.78 is 4.87. The summed E-state index contributed by atoms with van der Waals surface area (Å²) in [7, 11) is 1.42. The van der Waals surface area contributed by atoms with Crippen LogP contribution in [0, 0.1) is 11.3 Å². The number of rotatable bonds is 6. The largest absolute Gasteiger partial charge is 0.469 e. The van der Waals surface area contributed by atoms with E-state index < -0.39 is 0 Å². The van der Waals surface area contributed by atoms with Crippen molar-refractivity contribution in [3.63, 3.8) is 0 Å². The normalized spacial score (nSPS) is 19.9. The van der Waals surface area contributed by atoms with Gasteiger partial charge in [-0.05, 0) is 31.7 Å². The van der Waals surface area contributed by atoms with E-state index in [4.69, 9.17) is 15.9 Å². The number of nitrogens with zero attached hydrogens (tertiary/aromatic N) is 3. The molecule has 1 amide bonds. The molecule has 2 heterocycles. The second kappa shape index (κ2) is 12.2. The summed E-state index contributed by atoms with van der Waals surface area (Å²) >= 11 is 1.89. The molecule has 1 aromatic carbocycles. The van der Waals surface area contributed by atoms with Crippen molar-refractivity contribution < 1.29 is 14.3 Å². The minimum atomic E-state index is -0.175. The van der Waals surface area contributed by atoms with Crippen LogP contribution in [0.25, 0.3) is 11.3 Å². The molecule has 188 valence electrons. The van der Waals surface area contributed by atoms with Gasteiger partial charge < -0.3 is 20.7 Å². The number of nitrogen functional groups attached to an aromatic ring is 1. The lowest BCUT2D eigenvalue weighted by Gasteiger charge is -2.30. The summed E-state index contributed by atoms with van der Waals surface area (Å²) in [5, 5.41) is 19.6. The Bertz CT molecular complexity index is 1050. The van der Waals surface area contributed by atoms with E-state index in [9.17, 15) is 9.59 Å². The number of esters is 1. The highest BCUT2D eigenvalue weighted by Gasteiger charge is 2.29. The van der Waals surface area contributed by atoms with Crippen LogP contribution in [-0.2, 0) is 9.53 Å². The third-order valence-corrected chi connectivity index (χ3v) is 7.36. The number of hydrogen-bond acceptors (Lipinski definition) is 8. The molecule has 1 aliphatic heterocycles. The number of nitrogens with two attached hydrogens (primary N) is 1. The zero-order valence-electron chi connectivity index (χ0n) is 19.7. The van der Waals surface area contributed by atoms with Gasteiger partial charge in [-0.2, -0.15) is 11.8 Å². The Morgan fingerprint density at radius 3 is 2.37 bits per heavy atom. The van der Waals surface area contributed by atoms with Crippen LogP contribution in [0.1, 0.15) is 41.6 Å². The molecule has 1 aromatic heterocycles. The molecule has 2 fully saturated rings. The van der Waals surface area contributed by atoms with Gasteiger partial charge in [0, 0.05) is 41.8 Å². The van der Waals surface area contributed by atoms with Crippen molar-refractivity contribution in [1.29, 1.82) is 5.41 Å². The van der Waals surface area contributed by atoms with Crippen LogP contribution in [0.5, 0.6) is 0 Å². The second-order valence-electron chi connectivity index (χ2n) is 8.60. The molecule has 0 unspecified atom stereocenters. The Kier molecular flexibility index (Phi) is 9.33. The van der Waals surface area contributed by atoms with Gasteiger partial charge in [0.05, 0.1) is 24.3 Å². The number of thioether (sulfide) groups is 1. The van der Waals surface area contributed by atoms with E-state index in [2.05, 4.69) is 20.4 Å². The molecule has 1 aliphatic carbocycles. The zero-order chi connectivity index (χ0) is 24.1. The molecule has 9 nitrogen and oxygen atoms in total. The van der Waals surface area contributed by atoms with Crippen LogP contribution in [0.15, 0.2) is 30.3 Å². The number of hydrogen-bond donors (Lipinski definition) is 3. The van der Waals surface area contributed by atoms with Crippen molar-refractivity contribution in [3.05, 3.63) is 41.5 Å². The number of amides is 1. The third kappa shape index (κ3) is 6.43. The van der Waals surface area contributed by atoms with Gasteiger partial charge in [0.1, 0.15) is 5.84 Å². The lowest BCUT2D eigenvalue weighted by molar-refractivity contribution is -0.146. The van der Waals surface area contributed by atoms with Crippen LogP contribution in [0.4, 0.5) is 5.82 Å². The maximum atomic E-state index is 13.4. The number of carbonyl (C=O) groups excluding carboxylic acids is 2. The zero-order valence-corrected chi connectivity index (χ0v) is 21.3. The lowest BCUT2D eigenvalue weighted by atomic mass is 9.86. The summed E-state index contributed by atoms with van der Waals surface area (Å²) in [4.78, 5) is 27.4. The summed E-state index contributed by atoms with van der Waals surface area (Å²) in [6.07, 6.45) is 2.88. The van der Waals surface area contributed by atoms with Crippen LogP contribution < -0.4 is 16.0 Å². The van der Waals surface area contributed by atoms with E-state index >= 15 is 0 Å². The molecule has 1 saturated carbocycles. The van der Waals surface area contributed by atoms with Gasteiger partial charge in [0.25, 0.3) is 5.91 Å². The van der Waals surface area contributed by atoms with Gasteiger partial charge >= 0.3 is 5.97 Å². The highest BCUT2D eigenvalue weighted by molar-refractivity contribution is 7.99. The summed E-state index contributed by atoms with van der Waals surface area (Å²) in [5.74, 6) is 2.12. The number of halogens is 1. The minimum absolute atomic E-state index is 0. The van der Waals surface area contributed by atoms with Gasteiger partial charge in [-0.25, -0.2) is 0 Å². The maximum Gasteiger partial charge on any atom is 0.308 e. The lowest BCUT2D eigenvalue weighted by Crippen LogP contribution is -2.40. The Morgan fingerprint density at radius 1 is 1.11 bits per heavy atom. The van der Waals surface area contributed by atoms with E-state index in [1.165, 1.54) is 7.11 Å². The summed E-state index contributed by atoms with van der Waals surface area (Å²) in [6.45, 7) is 1.63. The topological polar surface area (TPSA) is 134 Å². The van der Waals surface area contributed by atoms with Crippen molar-refractivity contribution in [2.24, 2.45) is 11.7 Å². The average Bonchev–Trinajstić information content (AvgIpc) is 2.89. The Morgan fingerprint density at radius 2 is 1.77 bits per heavy atom. The molecule has 4 N–H and O–H groups in total. The number of nitrogens with one attached hydrogen (secondary N) is 2. The second-order valence-corrected chi connectivity index (χ2v) is 9.83. The number of ether oxygens (including phenoxy) is 1. The molecule has 0 radical (unpaired) electrons. The van der Waals surface area contributed by atoms with Crippen molar-refractivity contribution in [2.45, 2.75) is 31.7 Å². The molecule has 1 saturated heterocycles. The molecule has 2 aromatic rings.